The molecule has 3 amide bonds. The predicted octanol–water partition coefficient (Wildman–Crippen LogP) is 0.317. The van der Waals surface area contributed by atoms with Crippen molar-refractivity contribution in [2.75, 3.05) is 44.2 Å². The Morgan fingerprint density at radius 1 is 1.24 bits per heavy atom. The molecule has 0 bridgehead atoms. The number of fused-ring (bicyclic) bond motifs is 1. The van der Waals surface area contributed by atoms with Crippen molar-refractivity contribution in [3.63, 3.8) is 0 Å². The van der Waals surface area contributed by atoms with Gasteiger partial charge in [0.1, 0.15) is 23.7 Å². The lowest BCUT2D eigenvalue weighted by Crippen LogP contribution is -2.71. The van der Waals surface area contributed by atoms with Crippen LogP contribution in [0.25, 0.3) is 0 Å². The summed E-state index contributed by atoms with van der Waals surface area (Å²) < 4.78 is 4.50. The maximum absolute atomic E-state index is 13.4. The van der Waals surface area contributed by atoms with Crippen molar-refractivity contribution in [3.8, 4) is 11.5 Å². The van der Waals surface area contributed by atoms with E-state index < -0.39 is 46.4 Å². The standard InChI is InChI=1S/C30H36N8O9S2/c1-15-17(6-7-18(40)22(15)41)24(42)32-8-11-38(9-4-5-10-38)12-16-13-48-27-20(26(44)37(27)21(16)28(45)46)33-25(43)19(23-34-29(31)49-36-23)35-47-30(2,3)14-39/h6-7,14,20,27H,4-5,8-13H2,1-3H3,(H6-,31,32,33,34,35,36,40,41,42,43,45,46)/p+1/t20-,27-/m1/s1. The van der Waals surface area contributed by atoms with Gasteiger partial charge in [-0.15, -0.1) is 11.8 Å². The number of β-lactam (4-membered cyclic amide) rings is 1. The summed E-state index contributed by atoms with van der Waals surface area (Å²) in [5.41, 5.74) is 4.84. The molecule has 2 fully saturated rings. The molecular formula is C30H37N8O9S2+. The van der Waals surface area contributed by atoms with Crippen molar-refractivity contribution < 1.29 is 48.6 Å². The second kappa shape index (κ2) is 14.0. The number of carbonyl (C=O) groups excluding carboxylic acids is 4. The van der Waals surface area contributed by atoms with E-state index in [1.54, 1.807) is 0 Å². The highest BCUT2D eigenvalue weighted by Crippen LogP contribution is 2.41. The summed E-state index contributed by atoms with van der Waals surface area (Å²) >= 11 is 2.13. The van der Waals surface area contributed by atoms with Crippen LogP contribution >= 0.6 is 23.3 Å². The molecule has 2 saturated heterocycles. The Kier molecular flexibility index (Phi) is 10.2. The summed E-state index contributed by atoms with van der Waals surface area (Å²) in [5.74, 6) is -3.71. The molecule has 7 N–H and O–H groups in total. The van der Waals surface area contributed by atoms with Gasteiger partial charge in [0, 0.05) is 46.8 Å². The van der Waals surface area contributed by atoms with Gasteiger partial charge in [0.2, 0.25) is 11.5 Å². The number of carboxylic acid groups (broad SMARTS) is 1. The fraction of sp³-hybridized carbons (Fsp3) is 0.467. The number of hydrogen-bond acceptors (Lipinski definition) is 14. The van der Waals surface area contributed by atoms with Gasteiger partial charge in [-0.25, -0.2) is 4.79 Å². The Bertz CT molecular complexity index is 1750. The zero-order valence-electron chi connectivity index (χ0n) is 27.0. The zero-order valence-corrected chi connectivity index (χ0v) is 28.6. The van der Waals surface area contributed by atoms with Gasteiger partial charge in [-0.1, -0.05) is 5.16 Å². The number of aliphatic carboxylic acids is 1. The van der Waals surface area contributed by atoms with Gasteiger partial charge in [-0.2, -0.15) is 9.36 Å². The highest BCUT2D eigenvalue weighted by Gasteiger charge is 2.55. The van der Waals surface area contributed by atoms with Crippen LogP contribution < -0.4 is 16.4 Å². The molecule has 2 aromatic rings. The number of nitrogens with two attached hydrogens (primary N) is 1. The number of aromatic nitrogens is 2. The molecule has 19 heteroatoms. The number of thioether (sulfide) groups is 1. The number of nitrogens with zero attached hydrogens (tertiary/aromatic N) is 5. The number of benzene rings is 1. The average Bonchev–Trinajstić information content (AvgIpc) is 3.71. The quantitative estimate of drug-likeness (QED) is 0.0409. The lowest BCUT2D eigenvalue weighted by Gasteiger charge is -2.50. The maximum atomic E-state index is 13.4. The van der Waals surface area contributed by atoms with E-state index in [1.807, 2.05) is 0 Å². The Morgan fingerprint density at radius 2 is 1.96 bits per heavy atom. The number of anilines is 1. The van der Waals surface area contributed by atoms with Crippen LogP contribution in [-0.2, 0) is 24.0 Å². The van der Waals surface area contributed by atoms with Gasteiger partial charge in [-0.3, -0.25) is 24.1 Å². The molecule has 0 radical (unpaired) electrons. The number of carbonyl (C=O) groups is 5. The molecule has 1 aromatic carbocycles. The predicted molar refractivity (Wildman–Crippen MR) is 178 cm³/mol. The summed E-state index contributed by atoms with van der Waals surface area (Å²) in [7, 11) is 0. The van der Waals surface area contributed by atoms with Crippen molar-refractivity contribution in [2.45, 2.75) is 50.6 Å². The van der Waals surface area contributed by atoms with Crippen molar-refractivity contribution in [3.05, 3.63) is 40.4 Å². The Balaban J connectivity index is 1.29. The van der Waals surface area contributed by atoms with E-state index in [-0.39, 0.29) is 45.8 Å². The summed E-state index contributed by atoms with van der Waals surface area (Å²) in [4.78, 5) is 73.9. The van der Waals surface area contributed by atoms with Crippen LogP contribution in [-0.4, -0.2) is 125 Å². The number of hydrogen-bond donors (Lipinski definition) is 6. The molecule has 0 spiro atoms. The third-order valence-corrected chi connectivity index (χ3v) is 10.5. The number of nitrogen functional groups attached to an aromatic ring is 1. The number of carboxylic acids is 1. The first-order chi connectivity index (χ1) is 23.2. The Morgan fingerprint density at radius 3 is 2.59 bits per heavy atom. The van der Waals surface area contributed by atoms with Gasteiger partial charge in [0.15, 0.2) is 28.5 Å². The van der Waals surface area contributed by atoms with Crippen LogP contribution in [0.1, 0.15) is 48.4 Å². The fourth-order valence-corrected chi connectivity index (χ4v) is 7.79. The van der Waals surface area contributed by atoms with Gasteiger partial charge >= 0.3 is 5.97 Å². The Hall–Kier alpha value is -4.75. The summed E-state index contributed by atoms with van der Waals surface area (Å²) in [6.45, 7) is 7.05. The molecule has 1 aromatic heterocycles. The van der Waals surface area contributed by atoms with Gasteiger partial charge < -0.3 is 41.0 Å². The van der Waals surface area contributed by atoms with Crippen LogP contribution in [0.3, 0.4) is 0 Å². The SMILES string of the molecule is Cc1c(C(=O)NCC[N+]2(CC3=C(C(=O)O)N4C(=O)[C@@H](NC(=O)/C(=N\OC(C)(C)C=O)c5nsc(N)n5)[C@H]4SC3)CCCC2)ccc(O)c1O. The first kappa shape index (κ1) is 35.6. The largest absolute Gasteiger partial charge is 0.504 e. The molecule has 5 rings (SSSR count). The number of phenolic OH excluding ortho intramolecular Hbond substituents is 2. The highest BCUT2D eigenvalue weighted by atomic mass is 32.2. The molecule has 262 valence electrons. The first-order valence-electron chi connectivity index (χ1n) is 15.3. The van der Waals surface area contributed by atoms with Gasteiger partial charge in [0.25, 0.3) is 17.7 Å². The van der Waals surface area contributed by atoms with Crippen LogP contribution in [0.4, 0.5) is 5.13 Å². The maximum Gasteiger partial charge on any atom is 0.352 e. The zero-order chi connectivity index (χ0) is 35.7. The number of quaternary nitrogens is 1. The second-order valence-electron chi connectivity index (χ2n) is 12.6. The minimum atomic E-state index is -1.37. The second-order valence-corrected chi connectivity index (χ2v) is 14.5. The van der Waals surface area contributed by atoms with E-state index in [9.17, 15) is 39.3 Å². The molecule has 2 atom stereocenters. The molecule has 0 unspecified atom stereocenters. The van der Waals surface area contributed by atoms with E-state index in [0.29, 0.717) is 35.2 Å². The van der Waals surface area contributed by atoms with Gasteiger partial charge in [-0.05, 0) is 32.9 Å². The summed E-state index contributed by atoms with van der Waals surface area (Å²) in [5, 5.41) is 38.6. The third-order valence-electron chi connectivity index (χ3n) is 8.63. The smallest absolute Gasteiger partial charge is 0.352 e. The lowest BCUT2D eigenvalue weighted by molar-refractivity contribution is -0.911. The number of phenols is 2. The molecule has 0 aliphatic carbocycles. The number of oxime groups is 1. The van der Waals surface area contributed by atoms with Crippen LogP contribution in [0, 0.1) is 6.92 Å². The van der Waals surface area contributed by atoms with Crippen molar-refractivity contribution in [1.29, 1.82) is 0 Å². The number of amides is 3. The normalized spacial score (nSPS) is 20.3. The van der Waals surface area contributed by atoms with E-state index in [0.717, 1.165) is 37.5 Å². The Labute approximate surface area is 288 Å². The lowest BCUT2D eigenvalue weighted by atomic mass is 10.0. The van der Waals surface area contributed by atoms with Crippen molar-refractivity contribution in [2.24, 2.45) is 5.16 Å². The van der Waals surface area contributed by atoms with E-state index in [4.69, 9.17) is 10.6 Å². The van der Waals surface area contributed by atoms with Crippen LogP contribution in [0.2, 0.25) is 0 Å². The fourth-order valence-electron chi connectivity index (χ4n) is 6.02. The van der Waals surface area contributed by atoms with Crippen molar-refractivity contribution >= 4 is 64.1 Å². The molecule has 49 heavy (non-hydrogen) atoms. The molecule has 4 heterocycles. The van der Waals surface area contributed by atoms with Crippen LogP contribution in [0.15, 0.2) is 28.6 Å². The number of rotatable bonds is 13. The van der Waals surface area contributed by atoms with Crippen LogP contribution in [0.5, 0.6) is 11.5 Å². The number of aldehydes is 1. The molecule has 3 aliphatic rings. The number of aromatic hydroxyl groups is 2. The van der Waals surface area contributed by atoms with Crippen molar-refractivity contribution in [1.82, 2.24) is 24.9 Å². The minimum absolute atomic E-state index is 0.0520. The van der Waals surface area contributed by atoms with E-state index in [2.05, 4.69) is 25.1 Å². The summed E-state index contributed by atoms with van der Waals surface area (Å²) in [6.07, 6.45) is 2.32. The monoisotopic (exact) mass is 717 g/mol. The van der Waals surface area contributed by atoms with E-state index >= 15 is 0 Å². The van der Waals surface area contributed by atoms with E-state index in [1.165, 1.54) is 49.6 Å². The molecule has 3 aliphatic heterocycles. The molecular weight excluding hydrogens is 681 g/mol. The topological polar surface area (TPSA) is 247 Å². The highest BCUT2D eigenvalue weighted by molar-refractivity contribution is 8.00. The number of nitrogens with one attached hydrogen (secondary N) is 2. The molecule has 17 nitrogen and oxygen atoms in total. The summed E-state index contributed by atoms with van der Waals surface area (Å²) in [6, 6.07) is 1.60. The third kappa shape index (κ3) is 7.32. The molecule has 0 saturated carbocycles. The first-order valence-corrected chi connectivity index (χ1v) is 17.2. The van der Waals surface area contributed by atoms with Gasteiger partial charge in [0.05, 0.1) is 26.2 Å². The minimum Gasteiger partial charge on any atom is -0.504 e. The number of likely N-dealkylation sites (tertiary alicyclic amines) is 1. The average molecular weight is 718 g/mol.